The number of thioether (sulfide) groups is 1. The van der Waals surface area contributed by atoms with Crippen molar-refractivity contribution in [2.75, 3.05) is 12.9 Å². The minimum Gasteiger partial charge on any atom is -0.497 e. The minimum atomic E-state index is -0.582. The van der Waals surface area contributed by atoms with Crippen molar-refractivity contribution < 1.29 is 18.7 Å². The van der Waals surface area contributed by atoms with Crippen LogP contribution >= 0.6 is 11.8 Å². The van der Waals surface area contributed by atoms with Crippen molar-refractivity contribution in [3.05, 3.63) is 48.4 Å². The molecule has 0 atom stereocenters. The van der Waals surface area contributed by atoms with E-state index >= 15 is 0 Å². The first-order valence-electron chi connectivity index (χ1n) is 9.30. The summed E-state index contributed by atoms with van der Waals surface area (Å²) < 4.78 is 12.3. The summed E-state index contributed by atoms with van der Waals surface area (Å²) in [6.45, 7) is 4.23. The summed E-state index contributed by atoms with van der Waals surface area (Å²) in [6.07, 6.45) is 1.52. The monoisotopic (exact) mass is 429 g/mol. The quantitative estimate of drug-likeness (QED) is 0.529. The number of carbonyl (C=O) groups excluding carboxylic acids is 2. The average Bonchev–Trinajstić information content (AvgIpc) is 3.40. The van der Waals surface area contributed by atoms with Crippen LogP contribution in [0.1, 0.15) is 25.6 Å². The Bertz CT molecular complexity index is 983. The van der Waals surface area contributed by atoms with Gasteiger partial charge in [-0.15, -0.1) is 10.2 Å². The van der Waals surface area contributed by atoms with Crippen LogP contribution in [0.2, 0.25) is 0 Å². The second-order valence-corrected chi connectivity index (χ2v) is 7.54. The molecular weight excluding hydrogens is 406 g/mol. The van der Waals surface area contributed by atoms with Crippen molar-refractivity contribution in [2.24, 2.45) is 0 Å². The predicted octanol–water partition coefficient (Wildman–Crippen LogP) is 3.25. The van der Waals surface area contributed by atoms with Gasteiger partial charge in [0.25, 0.3) is 0 Å². The molecule has 0 unspecified atom stereocenters. The number of hydrogen-bond acceptors (Lipinski definition) is 7. The van der Waals surface area contributed by atoms with Crippen molar-refractivity contribution in [2.45, 2.75) is 31.6 Å². The Balaban J connectivity index is 1.59. The van der Waals surface area contributed by atoms with Gasteiger partial charge in [-0.3, -0.25) is 14.7 Å². The molecule has 3 aromatic rings. The largest absolute Gasteiger partial charge is 0.497 e. The number of ether oxygens (including phenoxy) is 1. The highest BCUT2D eigenvalue weighted by molar-refractivity contribution is 7.99. The van der Waals surface area contributed by atoms with E-state index < -0.39 is 11.9 Å². The fraction of sp³-hybridized carbons (Fsp3) is 0.300. The molecule has 1 aromatic carbocycles. The van der Waals surface area contributed by atoms with Gasteiger partial charge in [-0.2, -0.15) is 0 Å². The Kier molecular flexibility index (Phi) is 7.12. The first-order chi connectivity index (χ1) is 14.5. The Hall–Kier alpha value is -3.27. The normalized spacial score (nSPS) is 10.8. The van der Waals surface area contributed by atoms with Crippen LogP contribution in [0, 0.1) is 0 Å². The van der Waals surface area contributed by atoms with Crippen molar-refractivity contribution in [3.63, 3.8) is 0 Å². The summed E-state index contributed by atoms with van der Waals surface area (Å²) in [5.41, 5.74) is 0.894. The first kappa shape index (κ1) is 21.4. The van der Waals surface area contributed by atoms with Crippen LogP contribution in [-0.2, 0) is 11.3 Å². The predicted molar refractivity (Wildman–Crippen MR) is 112 cm³/mol. The number of amides is 3. The van der Waals surface area contributed by atoms with Crippen LogP contribution in [-0.4, -0.2) is 39.6 Å². The van der Waals surface area contributed by atoms with E-state index in [-0.39, 0.29) is 18.3 Å². The number of nitrogens with one attached hydrogen (secondary N) is 2. The fourth-order valence-corrected chi connectivity index (χ4v) is 3.56. The van der Waals surface area contributed by atoms with Crippen LogP contribution in [0.5, 0.6) is 5.75 Å². The van der Waals surface area contributed by atoms with Crippen LogP contribution in [0.3, 0.4) is 0 Å². The lowest BCUT2D eigenvalue weighted by molar-refractivity contribution is -0.117. The number of furan rings is 1. The van der Waals surface area contributed by atoms with E-state index in [1.165, 1.54) is 18.0 Å². The molecule has 2 heterocycles. The zero-order valence-corrected chi connectivity index (χ0v) is 17.7. The molecule has 10 heteroatoms. The maximum Gasteiger partial charge on any atom is 0.321 e. The second kappa shape index (κ2) is 9.97. The van der Waals surface area contributed by atoms with Crippen molar-refractivity contribution >= 4 is 23.7 Å². The van der Waals surface area contributed by atoms with Gasteiger partial charge in [-0.05, 0) is 50.2 Å². The van der Waals surface area contributed by atoms with E-state index in [9.17, 15) is 9.59 Å². The van der Waals surface area contributed by atoms with Crippen LogP contribution in [0.15, 0.2) is 52.2 Å². The number of rotatable bonds is 8. The summed E-state index contributed by atoms with van der Waals surface area (Å²) in [4.78, 5) is 24.0. The molecule has 0 fully saturated rings. The number of aromatic nitrogens is 3. The smallest absolute Gasteiger partial charge is 0.321 e. The van der Waals surface area contributed by atoms with Gasteiger partial charge in [0.05, 0.1) is 25.7 Å². The molecule has 30 heavy (non-hydrogen) atoms. The molecule has 0 aliphatic carbocycles. The molecule has 3 amide bonds. The maximum absolute atomic E-state index is 12.1. The zero-order valence-electron chi connectivity index (χ0n) is 16.9. The van der Waals surface area contributed by atoms with Gasteiger partial charge in [-0.25, -0.2) is 4.79 Å². The molecule has 158 valence electrons. The van der Waals surface area contributed by atoms with Gasteiger partial charge < -0.3 is 14.5 Å². The summed E-state index contributed by atoms with van der Waals surface area (Å²) in [5.74, 6) is 1.66. The standard InChI is InChI=1S/C20H23N5O4S/c1-13(2)25-18(14-6-8-15(28-3)9-7-14)23-24-20(25)30-12-17(26)22-19(27)21-11-16-5-4-10-29-16/h4-10,13H,11-12H2,1-3H3,(H2,21,22,26,27). The zero-order chi connectivity index (χ0) is 21.5. The van der Waals surface area contributed by atoms with Crippen LogP contribution < -0.4 is 15.4 Å². The van der Waals surface area contributed by atoms with Gasteiger partial charge in [0.2, 0.25) is 5.91 Å². The van der Waals surface area contributed by atoms with Crippen LogP contribution in [0.25, 0.3) is 11.4 Å². The van der Waals surface area contributed by atoms with Gasteiger partial charge in [-0.1, -0.05) is 11.8 Å². The minimum absolute atomic E-state index is 0.0294. The summed E-state index contributed by atoms with van der Waals surface area (Å²) in [7, 11) is 1.61. The molecule has 0 radical (unpaired) electrons. The molecule has 0 spiro atoms. The third-order valence-electron chi connectivity index (χ3n) is 4.12. The van der Waals surface area contributed by atoms with E-state index in [2.05, 4.69) is 20.8 Å². The third kappa shape index (κ3) is 5.41. The van der Waals surface area contributed by atoms with Crippen molar-refractivity contribution in [1.29, 1.82) is 0 Å². The highest BCUT2D eigenvalue weighted by Crippen LogP contribution is 2.28. The van der Waals surface area contributed by atoms with Crippen LogP contribution in [0.4, 0.5) is 4.79 Å². The molecule has 0 aliphatic heterocycles. The lowest BCUT2D eigenvalue weighted by atomic mass is 10.2. The molecule has 0 saturated heterocycles. The highest BCUT2D eigenvalue weighted by atomic mass is 32.2. The SMILES string of the molecule is COc1ccc(-c2nnc(SCC(=O)NC(=O)NCc3ccco3)n2C(C)C)cc1. The third-order valence-corrected chi connectivity index (χ3v) is 5.06. The van der Waals surface area contributed by atoms with E-state index in [4.69, 9.17) is 9.15 Å². The van der Waals surface area contributed by atoms with E-state index in [1.807, 2.05) is 42.7 Å². The highest BCUT2D eigenvalue weighted by Gasteiger charge is 2.18. The Morgan fingerprint density at radius 3 is 2.60 bits per heavy atom. The summed E-state index contributed by atoms with van der Waals surface area (Å²) in [5, 5.41) is 14.0. The lowest BCUT2D eigenvalue weighted by Crippen LogP contribution is -2.39. The molecule has 0 aliphatic rings. The van der Waals surface area contributed by atoms with E-state index in [0.717, 1.165) is 11.3 Å². The number of urea groups is 1. The van der Waals surface area contributed by atoms with Crippen molar-refractivity contribution in [3.8, 4) is 17.1 Å². The van der Waals surface area contributed by atoms with Gasteiger partial charge >= 0.3 is 6.03 Å². The molecule has 9 nitrogen and oxygen atoms in total. The number of nitrogens with zero attached hydrogens (tertiary/aromatic N) is 3. The Morgan fingerprint density at radius 1 is 1.20 bits per heavy atom. The van der Waals surface area contributed by atoms with Gasteiger partial charge in [0.15, 0.2) is 11.0 Å². The molecular formula is C20H23N5O4S. The summed E-state index contributed by atoms with van der Waals surface area (Å²) >= 11 is 1.22. The number of carbonyl (C=O) groups is 2. The average molecular weight is 430 g/mol. The number of hydrogen-bond donors (Lipinski definition) is 2. The maximum atomic E-state index is 12.1. The lowest BCUT2D eigenvalue weighted by Gasteiger charge is -2.14. The fourth-order valence-electron chi connectivity index (χ4n) is 2.70. The van der Waals surface area contributed by atoms with E-state index in [1.54, 1.807) is 19.2 Å². The molecule has 0 saturated carbocycles. The molecule has 3 rings (SSSR count). The Morgan fingerprint density at radius 2 is 1.97 bits per heavy atom. The topological polar surface area (TPSA) is 111 Å². The van der Waals surface area contributed by atoms with Gasteiger partial charge in [0.1, 0.15) is 11.5 Å². The number of imide groups is 1. The van der Waals surface area contributed by atoms with E-state index in [0.29, 0.717) is 16.7 Å². The molecule has 2 N–H and O–H groups in total. The molecule has 0 bridgehead atoms. The molecule has 2 aromatic heterocycles. The van der Waals surface area contributed by atoms with Crippen molar-refractivity contribution in [1.82, 2.24) is 25.4 Å². The summed E-state index contributed by atoms with van der Waals surface area (Å²) in [6, 6.07) is 10.5. The Labute approximate surface area is 178 Å². The second-order valence-electron chi connectivity index (χ2n) is 6.60. The van der Waals surface area contributed by atoms with Gasteiger partial charge in [0, 0.05) is 11.6 Å². The number of methoxy groups -OCH3 is 1. The first-order valence-corrected chi connectivity index (χ1v) is 10.3. The number of benzene rings is 1.